The number of nitrogens with one attached hydrogen (secondary N) is 1. The number of rotatable bonds is 3. The van der Waals surface area contributed by atoms with Gasteiger partial charge in [-0.3, -0.25) is 0 Å². The molecule has 0 aliphatic heterocycles. The minimum atomic E-state index is -1.27. The summed E-state index contributed by atoms with van der Waals surface area (Å²) in [5.74, 6) is -3.92. The van der Waals surface area contributed by atoms with Gasteiger partial charge in [-0.15, -0.1) is 0 Å². The molecule has 6 heteroatoms. The first-order chi connectivity index (χ1) is 8.97. The lowest BCUT2D eigenvalue weighted by Crippen LogP contribution is -2.05. The van der Waals surface area contributed by atoms with E-state index in [9.17, 15) is 17.6 Å². The molecule has 0 atom stereocenters. The first-order valence-corrected chi connectivity index (χ1v) is 5.67. The van der Waals surface area contributed by atoms with Crippen molar-refractivity contribution < 1.29 is 17.6 Å². The fraction of sp³-hybridized carbons (Fsp3) is 0.0769. The summed E-state index contributed by atoms with van der Waals surface area (Å²) in [4.78, 5) is 0. The normalized spacial score (nSPS) is 10.6. The van der Waals surface area contributed by atoms with Crippen molar-refractivity contribution in [3.63, 3.8) is 0 Å². The van der Waals surface area contributed by atoms with E-state index in [1.165, 1.54) is 12.1 Å². The van der Waals surface area contributed by atoms with Crippen molar-refractivity contribution in [2.24, 2.45) is 0 Å². The average Bonchev–Trinajstić information content (AvgIpc) is 2.36. The second-order valence-corrected chi connectivity index (χ2v) is 4.27. The Kier molecular flexibility index (Phi) is 3.95. The summed E-state index contributed by atoms with van der Waals surface area (Å²) in [6.45, 7) is -0.194. The van der Waals surface area contributed by atoms with Gasteiger partial charge in [0.2, 0.25) is 0 Å². The Labute approximate surface area is 111 Å². The zero-order valence-electron chi connectivity index (χ0n) is 9.48. The highest BCUT2D eigenvalue weighted by atomic mass is 35.5. The van der Waals surface area contributed by atoms with Crippen molar-refractivity contribution in [3.05, 3.63) is 64.2 Å². The molecular weight excluding hydrogens is 282 g/mol. The van der Waals surface area contributed by atoms with Crippen LogP contribution < -0.4 is 5.32 Å². The van der Waals surface area contributed by atoms with Gasteiger partial charge in [-0.25, -0.2) is 17.6 Å². The third kappa shape index (κ3) is 3.17. The molecule has 0 heterocycles. The third-order valence-corrected chi connectivity index (χ3v) is 2.72. The largest absolute Gasteiger partial charge is 0.378 e. The van der Waals surface area contributed by atoms with Crippen LogP contribution in [0.5, 0.6) is 0 Å². The molecule has 0 aromatic heterocycles. The Morgan fingerprint density at radius 2 is 1.53 bits per heavy atom. The summed E-state index contributed by atoms with van der Waals surface area (Å²) < 4.78 is 52.4. The van der Waals surface area contributed by atoms with Gasteiger partial charge in [-0.2, -0.15) is 0 Å². The minimum absolute atomic E-state index is 0.0524. The van der Waals surface area contributed by atoms with Gasteiger partial charge in [0, 0.05) is 23.2 Å². The van der Waals surface area contributed by atoms with E-state index in [1.807, 2.05) is 0 Å². The molecule has 0 unspecified atom stereocenters. The minimum Gasteiger partial charge on any atom is -0.378 e. The Bertz CT molecular complexity index is 616. The predicted molar refractivity (Wildman–Crippen MR) is 65.1 cm³/mol. The van der Waals surface area contributed by atoms with Crippen molar-refractivity contribution in [2.75, 3.05) is 5.32 Å². The molecule has 100 valence electrons. The maximum Gasteiger partial charge on any atom is 0.161 e. The molecule has 19 heavy (non-hydrogen) atoms. The second-order valence-electron chi connectivity index (χ2n) is 3.84. The highest BCUT2D eigenvalue weighted by Crippen LogP contribution is 2.21. The van der Waals surface area contributed by atoms with Crippen molar-refractivity contribution in [1.82, 2.24) is 0 Å². The van der Waals surface area contributed by atoms with E-state index in [0.29, 0.717) is 11.1 Å². The monoisotopic (exact) mass is 289 g/mol. The van der Waals surface area contributed by atoms with E-state index in [-0.39, 0.29) is 17.8 Å². The fourth-order valence-corrected chi connectivity index (χ4v) is 1.69. The molecule has 0 amide bonds. The third-order valence-electron chi connectivity index (χ3n) is 2.49. The Morgan fingerprint density at radius 3 is 2.26 bits per heavy atom. The van der Waals surface area contributed by atoms with Crippen molar-refractivity contribution >= 4 is 17.3 Å². The molecule has 0 aliphatic rings. The Balaban J connectivity index is 2.19. The highest BCUT2D eigenvalue weighted by Gasteiger charge is 2.10. The van der Waals surface area contributed by atoms with Gasteiger partial charge in [0.05, 0.1) is 5.69 Å². The van der Waals surface area contributed by atoms with Gasteiger partial charge in [-0.1, -0.05) is 11.6 Å². The van der Waals surface area contributed by atoms with E-state index in [0.717, 1.165) is 12.1 Å². The van der Waals surface area contributed by atoms with Crippen molar-refractivity contribution in [2.45, 2.75) is 6.54 Å². The number of halogens is 5. The van der Waals surface area contributed by atoms with Gasteiger partial charge in [-0.05, 0) is 24.3 Å². The number of anilines is 1. The molecule has 0 saturated carbocycles. The predicted octanol–water partition coefficient (Wildman–Crippen LogP) is 4.51. The van der Waals surface area contributed by atoms with Crippen molar-refractivity contribution in [1.29, 1.82) is 0 Å². The summed E-state index contributed by atoms with van der Waals surface area (Å²) in [5, 5.41) is 2.87. The SMILES string of the molecule is Fc1cc(F)c(CNc2cc(Cl)ccc2F)cc1F. The summed E-state index contributed by atoms with van der Waals surface area (Å²) in [7, 11) is 0. The summed E-state index contributed by atoms with van der Waals surface area (Å²) >= 11 is 5.69. The van der Waals surface area contributed by atoms with Crippen LogP contribution in [0.2, 0.25) is 5.02 Å². The van der Waals surface area contributed by atoms with Gasteiger partial charge in [0.1, 0.15) is 11.6 Å². The summed E-state index contributed by atoms with van der Waals surface area (Å²) in [6.07, 6.45) is 0. The Morgan fingerprint density at radius 1 is 0.842 bits per heavy atom. The molecule has 0 fully saturated rings. The quantitative estimate of drug-likeness (QED) is 0.647. The fourth-order valence-electron chi connectivity index (χ4n) is 1.52. The van der Waals surface area contributed by atoms with Gasteiger partial charge < -0.3 is 5.32 Å². The maximum atomic E-state index is 13.4. The van der Waals surface area contributed by atoms with Crippen LogP contribution in [0.15, 0.2) is 30.3 Å². The number of hydrogen-bond acceptors (Lipinski definition) is 1. The van der Waals surface area contributed by atoms with Gasteiger partial charge >= 0.3 is 0 Å². The molecule has 1 N–H and O–H groups in total. The topological polar surface area (TPSA) is 12.0 Å². The lowest BCUT2D eigenvalue weighted by Gasteiger charge is -2.09. The van der Waals surface area contributed by atoms with Crippen LogP contribution in [0.3, 0.4) is 0 Å². The first-order valence-electron chi connectivity index (χ1n) is 5.29. The van der Waals surface area contributed by atoms with E-state index < -0.39 is 23.3 Å². The van der Waals surface area contributed by atoms with Crippen LogP contribution in [0.1, 0.15) is 5.56 Å². The summed E-state index contributed by atoms with van der Waals surface area (Å²) in [5.41, 5.74) is -0.0603. The molecular formula is C13H8ClF4N. The van der Waals surface area contributed by atoms with E-state index in [4.69, 9.17) is 11.6 Å². The number of hydrogen-bond donors (Lipinski definition) is 1. The molecule has 2 rings (SSSR count). The first kappa shape index (κ1) is 13.7. The molecule has 0 aliphatic carbocycles. The van der Waals surface area contributed by atoms with Crippen LogP contribution in [0, 0.1) is 23.3 Å². The lowest BCUT2D eigenvalue weighted by atomic mass is 10.2. The maximum absolute atomic E-state index is 13.4. The van der Waals surface area contributed by atoms with Crippen molar-refractivity contribution in [3.8, 4) is 0 Å². The molecule has 2 aromatic rings. The van der Waals surface area contributed by atoms with E-state index in [1.54, 1.807) is 0 Å². The van der Waals surface area contributed by atoms with Crippen LogP contribution in [0.4, 0.5) is 23.2 Å². The standard InChI is InChI=1S/C13H8ClF4N/c14-8-1-2-9(15)13(4-8)19-6-7-3-11(17)12(18)5-10(7)16/h1-5,19H,6H2. The lowest BCUT2D eigenvalue weighted by molar-refractivity contribution is 0.490. The molecule has 0 bridgehead atoms. The van der Waals surface area contributed by atoms with E-state index >= 15 is 0 Å². The highest BCUT2D eigenvalue weighted by molar-refractivity contribution is 6.30. The molecule has 2 aromatic carbocycles. The molecule has 0 radical (unpaired) electrons. The van der Waals surface area contributed by atoms with Crippen LogP contribution >= 0.6 is 11.6 Å². The van der Waals surface area contributed by atoms with Gasteiger partial charge in [0.15, 0.2) is 11.6 Å². The zero-order valence-corrected chi connectivity index (χ0v) is 10.2. The molecule has 0 spiro atoms. The average molecular weight is 290 g/mol. The summed E-state index contributed by atoms with van der Waals surface area (Å²) in [6, 6.07) is 4.99. The number of benzene rings is 2. The van der Waals surface area contributed by atoms with Crippen LogP contribution in [-0.2, 0) is 6.54 Å². The van der Waals surface area contributed by atoms with Crippen LogP contribution in [0.25, 0.3) is 0 Å². The smallest absolute Gasteiger partial charge is 0.161 e. The molecule has 1 nitrogen and oxygen atoms in total. The zero-order chi connectivity index (χ0) is 14.0. The van der Waals surface area contributed by atoms with Crippen LogP contribution in [-0.4, -0.2) is 0 Å². The van der Waals surface area contributed by atoms with E-state index in [2.05, 4.69) is 5.32 Å². The Hall–Kier alpha value is -1.75. The molecule has 0 saturated heterocycles. The second kappa shape index (κ2) is 5.48. The van der Waals surface area contributed by atoms with Gasteiger partial charge in [0.25, 0.3) is 0 Å².